The van der Waals surface area contributed by atoms with Gasteiger partial charge >= 0.3 is 0 Å². The highest BCUT2D eigenvalue weighted by Gasteiger charge is 2.07. The standard InChI is InChI=1S/C15H21N3OS/c1-10(2)9-18-6-5-16-14(15(18)19)17-8-13-7-11(3)12(4)20-13/h5-7,10H,8-9H2,1-4H3,(H,16,17). The Kier molecular flexibility index (Phi) is 4.60. The fourth-order valence-corrected chi connectivity index (χ4v) is 3.01. The van der Waals surface area contributed by atoms with Crippen LogP contribution < -0.4 is 10.9 Å². The van der Waals surface area contributed by atoms with Crippen LogP contribution in [-0.4, -0.2) is 9.55 Å². The molecule has 2 heterocycles. The quantitative estimate of drug-likeness (QED) is 0.920. The first kappa shape index (κ1) is 14.8. The minimum atomic E-state index is -0.0498. The smallest absolute Gasteiger partial charge is 0.293 e. The van der Waals surface area contributed by atoms with E-state index in [2.05, 4.69) is 44.1 Å². The Hall–Kier alpha value is -1.62. The number of nitrogens with zero attached hydrogens (tertiary/aromatic N) is 2. The normalized spacial score (nSPS) is 11.1. The molecule has 0 saturated carbocycles. The molecular formula is C15H21N3OS. The zero-order valence-corrected chi connectivity index (χ0v) is 13.3. The van der Waals surface area contributed by atoms with E-state index in [1.54, 1.807) is 28.3 Å². The molecule has 2 rings (SSSR count). The lowest BCUT2D eigenvalue weighted by Gasteiger charge is -2.10. The summed E-state index contributed by atoms with van der Waals surface area (Å²) in [6.07, 6.45) is 3.42. The maximum absolute atomic E-state index is 12.2. The van der Waals surface area contributed by atoms with Crippen LogP contribution in [0.3, 0.4) is 0 Å². The molecule has 0 spiro atoms. The van der Waals surface area contributed by atoms with Crippen molar-refractivity contribution in [2.45, 2.75) is 40.8 Å². The SMILES string of the molecule is Cc1cc(CNc2nccn(CC(C)C)c2=O)sc1C. The predicted molar refractivity (Wildman–Crippen MR) is 84.5 cm³/mol. The molecule has 0 fully saturated rings. The van der Waals surface area contributed by atoms with Crippen LogP contribution in [0.5, 0.6) is 0 Å². The molecule has 0 radical (unpaired) electrons. The monoisotopic (exact) mass is 291 g/mol. The van der Waals surface area contributed by atoms with E-state index in [1.807, 2.05) is 0 Å². The van der Waals surface area contributed by atoms with Crippen LogP contribution in [0.4, 0.5) is 5.82 Å². The Morgan fingerprint density at radius 2 is 2.15 bits per heavy atom. The highest BCUT2D eigenvalue weighted by atomic mass is 32.1. The third-order valence-corrected chi connectivity index (χ3v) is 4.28. The summed E-state index contributed by atoms with van der Waals surface area (Å²) in [7, 11) is 0. The lowest BCUT2D eigenvalue weighted by atomic mass is 10.2. The van der Waals surface area contributed by atoms with Gasteiger partial charge in [0.15, 0.2) is 5.82 Å². The van der Waals surface area contributed by atoms with E-state index < -0.39 is 0 Å². The second kappa shape index (κ2) is 6.22. The van der Waals surface area contributed by atoms with Gasteiger partial charge in [-0.1, -0.05) is 13.8 Å². The number of rotatable bonds is 5. The fraction of sp³-hybridized carbons (Fsp3) is 0.467. The maximum Gasteiger partial charge on any atom is 0.293 e. The van der Waals surface area contributed by atoms with Gasteiger partial charge in [-0.2, -0.15) is 0 Å². The molecule has 0 aliphatic carbocycles. The van der Waals surface area contributed by atoms with Crippen molar-refractivity contribution in [2.24, 2.45) is 5.92 Å². The van der Waals surface area contributed by atoms with E-state index in [9.17, 15) is 4.79 Å². The molecule has 1 N–H and O–H groups in total. The summed E-state index contributed by atoms with van der Waals surface area (Å²) in [4.78, 5) is 18.9. The summed E-state index contributed by atoms with van der Waals surface area (Å²) >= 11 is 1.76. The first-order valence-electron chi connectivity index (χ1n) is 6.82. The number of nitrogens with one attached hydrogen (secondary N) is 1. The van der Waals surface area contributed by atoms with Gasteiger partial charge < -0.3 is 9.88 Å². The minimum Gasteiger partial charge on any atom is -0.361 e. The number of aryl methyl sites for hydroxylation is 2. The second-order valence-electron chi connectivity index (χ2n) is 5.43. The highest BCUT2D eigenvalue weighted by Crippen LogP contribution is 2.20. The Morgan fingerprint density at radius 3 is 2.75 bits per heavy atom. The summed E-state index contributed by atoms with van der Waals surface area (Å²) in [6, 6.07) is 2.16. The van der Waals surface area contributed by atoms with Gasteiger partial charge in [0.2, 0.25) is 0 Å². The van der Waals surface area contributed by atoms with E-state index in [0.717, 1.165) is 0 Å². The van der Waals surface area contributed by atoms with E-state index in [-0.39, 0.29) is 5.56 Å². The molecular weight excluding hydrogens is 270 g/mol. The Labute approximate surface area is 123 Å². The molecule has 2 aromatic heterocycles. The lowest BCUT2D eigenvalue weighted by Crippen LogP contribution is -2.25. The van der Waals surface area contributed by atoms with E-state index in [4.69, 9.17) is 0 Å². The topological polar surface area (TPSA) is 46.9 Å². The molecule has 5 heteroatoms. The molecule has 108 valence electrons. The maximum atomic E-state index is 12.2. The fourth-order valence-electron chi connectivity index (χ4n) is 2.01. The van der Waals surface area contributed by atoms with Gasteiger partial charge in [0.05, 0.1) is 6.54 Å². The van der Waals surface area contributed by atoms with Crippen LogP contribution in [0.2, 0.25) is 0 Å². The predicted octanol–water partition coefficient (Wildman–Crippen LogP) is 3.19. The van der Waals surface area contributed by atoms with Crippen molar-refractivity contribution in [3.05, 3.63) is 44.1 Å². The van der Waals surface area contributed by atoms with Gasteiger partial charge in [-0.3, -0.25) is 4.79 Å². The van der Waals surface area contributed by atoms with Crippen LogP contribution in [-0.2, 0) is 13.1 Å². The average Bonchev–Trinajstić information content (AvgIpc) is 2.69. The molecule has 0 aliphatic heterocycles. The lowest BCUT2D eigenvalue weighted by molar-refractivity contribution is 0.509. The van der Waals surface area contributed by atoms with Crippen molar-refractivity contribution in [2.75, 3.05) is 5.32 Å². The molecule has 0 aliphatic rings. The number of hydrogen-bond donors (Lipinski definition) is 1. The van der Waals surface area contributed by atoms with Gasteiger partial charge in [-0.05, 0) is 31.4 Å². The van der Waals surface area contributed by atoms with Gasteiger partial charge in [0.1, 0.15) is 0 Å². The van der Waals surface area contributed by atoms with Crippen molar-refractivity contribution in [1.82, 2.24) is 9.55 Å². The van der Waals surface area contributed by atoms with Crippen molar-refractivity contribution in [3.8, 4) is 0 Å². The van der Waals surface area contributed by atoms with Gasteiger partial charge in [0, 0.05) is 28.7 Å². The largest absolute Gasteiger partial charge is 0.361 e. The first-order valence-corrected chi connectivity index (χ1v) is 7.64. The van der Waals surface area contributed by atoms with Gasteiger partial charge in [-0.25, -0.2) is 4.98 Å². The summed E-state index contributed by atoms with van der Waals surface area (Å²) in [5, 5.41) is 3.15. The van der Waals surface area contributed by atoms with Crippen LogP contribution in [0.25, 0.3) is 0 Å². The van der Waals surface area contributed by atoms with Crippen molar-refractivity contribution in [3.63, 3.8) is 0 Å². The first-order chi connectivity index (χ1) is 9.47. The van der Waals surface area contributed by atoms with Crippen molar-refractivity contribution < 1.29 is 0 Å². The highest BCUT2D eigenvalue weighted by molar-refractivity contribution is 7.12. The zero-order chi connectivity index (χ0) is 14.7. The molecule has 20 heavy (non-hydrogen) atoms. The van der Waals surface area contributed by atoms with Gasteiger partial charge in [-0.15, -0.1) is 11.3 Å². The van der Waals surface area contributed by atoms with Crippen LogP contribution in [0.1, 0.15) is 29.2 Å². The average molecular weight is 291 g/mol. The molecule has 0 aromatic carbocycles. The van der Waals surface area contributed by atoms with Crippen LogP contribution in [0, 0.1) is 19.8 Å². The van der Waals surface area contributed by atoms with E-state index in [1.165, 1.54) is 15.3 Å². The summed E-state index contributed by atoms with van der Waals surface area (Å²) in [6.45, 7) is 9.76. The summed E-state index contributed by atoms with van der Waals surface area (Å²) in [5.41, 5.74) is 1.25. The van der Waals surface area contributed by atoms with Crippen molar-refractivity contribution in [1.29, 1.82) is 0 Å². The number of aromatic nitrogens is 2. The summed E-state index contributed by atoms with van der Waals surface area (Å²) < 4.78 is 1.71. The van der Waals surface area contributed by atoms with Crippen molar-refractivity contribution >= 4 is 17.2 Å². The van der Waals surface area contributed by atoms with E-state index in [0.29, 0.717) is 24.8 Å². The van der Waals surface area contributed by atoms with Gasteiger partial charge in [0.25, 0.3) is 5.56 Å². The Morgan fingerprint density at radius 1 is 1.40 bits per heavy atom. The third kappa shape index (κ3) is 3.48. The zero-order valence-electron chi connectivity index (χ0n) is 12.4. The van der Waals surface area contributed by atoms with Crippen LogP contribution in [0.15, 0.2) is 23.3 Å². The Balaban J connectivity index is 2.11. The molecule has 2 aromatic rings. The number of anilines is 1. The summed E-state index contributed by atoms with van der Waals surface area (Å²) in [5.74, 6) is 0.863. The Bertz CT molecular complexity index is 623. The number of thiophene rings is 1. The minimum absolute atomic E-state index is 0.0498. The number of hydrogen-bond acceptors (Lipinski definition) is 4. The molecule has 0 unspecified atom stereocenters. The molecule has 0 atom stereocenters. The third-order valence-electron chi connectivity index (χ3n) is 3.12. The van der Waals surface area contributed by atoms with E-state index >= 15 is 0 Å². The molecule has 0 saturated heterocycles. The molecule has 0 amide bonds. The molecule has 0 bridgehead atoms. The van der Waals surface area contributed by atoms with Crippen LogP contribution >= 0.6 is 11.3 Å². The second-order valence-corrected chi connectivity index (χ2v) is 6.77. The molecule has 4 nitrogen and oxygen atoms in total.